The van der Waals surface area contributed by atoms with Gasteiger partial charge in [-0.25, -0.2) is 0 Å². The molecule has 0 saturated heterocycles. The van der Waals surface area contributed by atoms with Crippen LogP contribution in [0, 0.1) is 5.92 Å². The highest BCUT2D eigenvalue weighted by molar-refractivity contribution is 5.66. The van der Waals surface area contributed by atoms with Crippen molar-refractivity contribution in [2.75, 3.05) is 0 Å². The van der Waals surface area contributed by atoms with Gasteiger partial charge in [-0.3, -0.25) is 4.79 Å². The van der Waals surface area contributed by atoms with Crippen LogP contribution >= 0.6 is 0 Å². The highest BCUT2D eigenvalue weighted by Crippen LogP contribution is 2.31. The highest BCUT2D eigenvalue weighted by atomic mass is 16.5. The summed E-state index contributed by atoms with van der Waals surface area (Å²) >= 11 is 0. The minimum atomic E-state index is -0.286. The Bertz CT molecular complexity index is 309. The van der Waals surface area contributed by atoms with Crippen molar-refractivity contribution in [3.8, 4) is 0 Å². The quantitative estimate of drug-likeness (QED) is 0.312. The van der Waals surface area contributed by atoms with Gasteiger partial charge in [-0.2, -0.15) is 0 Å². The molecule has 1 fully saturated rings. The fraction of sp³-hybridized carbons (Fsp3) is 0.571. The fourth-order valence-electron chi connectivity index (χ4n) is 2.10. The summed E-state index contributed by atoms with van der Waals surface area (Å²) in [6, 6.07) is 0. The van der Waals surface area contributed by atoms with Crippen molar-refractivity contribution in [2.24, 2.45) is 5.92 Å². The second-order valence-electron chi connectivity index (χ2n) is 4.21. The predicted octanol–water partition coefficient (Wildman–Crippen LogP) is 3.74. The number of rotatable bonds is 4. The van der Waals surface area contributed by atoms with Gasteiger partial charge in [-0.15, -0.1) is 6.58 Å². The first-order chi connectivity index (χ1) is 7.74. The van der Waals surface area contributed by atoms with Crippen LogP contribution < -0.4 is 0 Å². The lowest BCUT2D eigenvalue weighted by Crippen LogP contribution is -2.09. The van der Waals surface area contributed by atoms with E-state index in [0.29, 0.717) is 5.92 Å². The van der Waals surface area contributed by atoms with E-state index in [1.54, 1.807) is 0 Å². The molecule has 0 N–H and O–H groups in total. The van der Waals surface area contributed by atoms with E-state index in [1.165, 1.54) is 38.0 Å². The number of esters is 1. The Kier molecular flexibility index (Phi) is 5.66. The van der Waals surface area contributed by atoms with Crippen molar-refractivity contribution in [1.82, 2.24) is 0 Å². The Morgan fingerprint density at radius 2 is 2.44 bits per heavy atom. The Morgan fingerprint density at radius 3 is 3.12 bits per heavy atom. The molecule has 0 aromatic heterocycles. The van der Waals surface area contributed by atoms with Crippen LogP contribution in [-0.2, 0) is 9.53 Å². The first-order valence-corrected chi connectivity index (χ1v) is 5.96. The van der Waals surface area contributed by atoms with E-state index in [2.05, 4.69) is 12.3 Å². The maximum absolute atomic E-state index is 10.6. The van der Waals surface area contributed by atoms with E-state index in [9.17, 15) is 4.79 Å². The molecule has 0 bridgehead atoms. The van der Waals surface area contributed by atoms with Gasteiger partial charge in [0.2, 0.25) is 0 Å². The van der Waals surface area contributed by atoms with E-state index >= 15 is 0 Å². The number of allylic oxidation sites excluding steroid dienone is 2. The van der Waals surface area contributed by atoms with Crippen LogP contribution in [0.15, 0.2) is 30.2 Å². The molecule has 1 atom stereocenters. The van der Waals surface area contributed by atoms with Crippen LogP contribution in [-0.4, -0.2) is 5.97 Å². The second-order valence-corrected chi connectivity index (χ2v) is 4.21. The minimum absolute atomic E-state index is 0.286. The molecule has 0 spiro atoms. The minimum Gasteiger partial charge on any atom is -0.426 e. The zero-order chi connectivity index (χ0) is 11.8. The number of hydrogen-bond acceptors (Lipinski definition) is 2. The number of carbonyl (C=O) groups excluding carboxylic acids is 1. The van der Waals surface area contributed by atoms with E-state index in [-0.39, 0.29) is 5.97 Å². The lowest BCUT2D eigenvalue weighted by Gasteiger charge is -2.23. The second kappa shape index (κ2) is 7.08. The average molecular weight is 220 g/mol. The Hall–Kier alpha value is -1.27. The third kappa shape index (κ3) is 4.50. The van der Waals surface area contributed by atoms with E-state index < -0.39 is 0 Å². The van der Waals surface area contributed by atoms with Gasteiger partial charge in [-0.1, -0.05) is 18.2 Å². The van der Waals surface area contributed by atoms with E-state index in [4.69, 9.17) is 4.74 Å². The zero-order valence-corrected chi connectivity index (χ0v) is 10.00. The number of carbonyl (C=O) groups is 1. The lowest BCUT2D eigenvalue weighted by atomic mass is 9.82. The zero-order valence-electron chi connectivity index (χ0n) is 10.00. The van der Waals surface area contributed by atoms with Crippen LogP contribution in [0.2, 0.25) is 0 Å². The van der Waals surface area contributed by atoms with Crippen LogP contribution in [0.4, 0.5) is 0 Å². The summed E-state index contributed by atoms with van der Waals surface area (Å²) in [5.74, 6) is 0.310. The first-order valence-electron chi connectivity index (χ1n) is 5.96. The molecule has 2 nitrogen and oxygen atoms in total. The van der Waals surface area contributed by atoms with Crippen LogP contribution in [0.3, 0.4) is 0 Å². The van der Waals surface area contributed by atoms with Crippen molar-refractivity contribution in [3.05, 3.63) is 30.2 Å². The molecule has 0 amide bonds. The maximum Gasteiger partial charge on any atom is 0.308 e. The molecule has 1 unspecified atom stereocenters. The van der Waals surface area contributed by atoms with Gasteiger partial charge in [0.1, 0.15) is 6.26 Å². The summed E-state index contributed by atoms with van der Waals surface area (Å²) in [5, 5.41) is 0. The summed E-state index contributed by atoms with van der Waals surface area (Å²) in [6.45, 7) is 5.15. The Balaban J connectivity index is 2.61. The van der Waals surface area contributed by atoms with Crippen molar-refractivity contribution in [3.63, 3.8) is 0 Å². The summed E-state index contributed by atoms with van der Waals surface area (Å²) < 4.78 is 4.78. The topological polar surface area (TPSA) is 26.3 Å². The summed E-state index contributed by atoms with van der Waals surface area (Å²) in [5.41, 5.74) is 4.43. The standard InChI is InChI=1S/C14H20O2/c1-3-4-7-13-8-5-6-9-14(13)10-11-16-12(2)15/h3,11,13H,1,4-9H2,2H3. The van der Waals surface area contributed by atoms with Gasteiger partial charge in [0.15, 0.2) is 0 Å². The maximum atomic E-state index is 10.6. The van der Waals surface area contributed by atoms with Crippen LogP contribution in [0.5, 0.6) is 0 Å². The molecule has 88 valence electrons. The summed E-state index contributed by atoms with van der Waals surface area (Å²) in [6.07, 6.45) is 10.4. The Morgan fingerprint density at radius 1 is 1.62 bits per heavy atom. The molecule has 1 saturated carbocycles. The summed E-state index contributed by atoms with van der Waals surface area (Å²) in [7, 11) is 0. The van der Waals surface area contributed by atoms with Crippen LogP contribution in [0.1, 0.15) is 45.4 Å². The molecular formula is C14H20O2. The molecule has 1 aliphatic rings. The van der Waals surface area contributed by atoms with Gasteiger partial charge >= 0.3 is 5.97 Å². The van der Waals surface area contributed by atoms with Crippen molar-refractivity contribution in [2.45, 2.75) is 45.4 Å². The van der Waals surface area contributed by atoms with Gasteiger partial charge in [0.05, 0.1) is 0 Å². The van der Waals surface area contributed by atoms with Crippen molar-refractivity contribution < 1.29 is 9.53 Å². The molecule has 16 heavy (non-hydrogen) atoms. The normalized spacial score (nSPS) is 19.8. The predicted molar refractivity (Wildman–Crippen MR) is 64.8 cm³/mol. The molecule has 0 radical (unpaired) electrons. The van der Waals surface area contributed by atoms with Gasteiger partial charge in [0, 0.05) is 6.92 Å². The van der Waals surface area contributed by atoms with Gasteiger partial charge in [-0.05, 0) is 43.6 Å². The third-order valence-electron chi connectivity index (χ3n) is 2.93. The van der Waals surface area contributed by atoms with Crippen molar-refractivity contribution >= 4 is 5.97 Å². The molecule has 2 heteroatoms. The first kappa shape index (κ1) is 12.8. The lowest BCUT2D eigenvalue weighted by molar-refractivity contribution is -0.135. The SMILES string of the molecule is C=CCCC1CCCCC1=C=COC(C)=O. The van der Waals surface area contributed by atoms with E-state index in [1.807, 2.05) is 6.08 Å². The fourth-order valence-corrected chi connectivity index (χ4v) is 2.10. The molecule has 1 aliphatic carbocycles. The average Bonchev–Trinajstić information content (AvgIpc) is 2.27. The molecule has 0 heterocycles. The van der Waals surface area contributed by atoms with Crippen molar-refractivity contribution in [1.29, 1.82) is 0 Å². The summed E-state index contributed by atoms with van der Waals surface area (Å²) in [4.78, 5) is 10.6. The third-order valence-corrected chi connectivity index (χ3v) is 2.93. The van der Waals surface area contributed by atoms with Gasteiger partial charge in [0.25, 0.3) is 0 Å². The highest BCUT2D eigenvalue weighted by Gasteiger charge is 2.17. The Labute approximate surface area is 97.7 Å². The van der Waals surface area contributed by atoms with E-state index in [0.717, 1.165) is 19.3 Å². The molecule has 0 aromatic rings. The molecule has 1 rings (SSSR count). The molecule has 0 aliphatic heterocycles. The molecule has 0 aromatic carbocycles. The van der Waals surface area contributed by atoms with Gasteiger partial charge < -0.3 is 4.74 Å². The largest absolute Gasteiger partial charge is 0.426 e. The number of hydrogen-bond donors (Lipinski definition) is 0. The monoisotopic (exact) mass is 220 g/mol. The number of ether oxygens (including phenoxy) is 1. The van der Waals surface area contributed by atoms with Crippen LogP contribution in [0.25, 0.3) is 0 Å². The molecular weight excluding hydrogens is 200 g/mol. The smallest absolute Gasteiger partial charge is 0.308 e.